The Balaban J connectivity index is 1.81. The predicted octanol–water partition coefficient (Wildman–Crippen LogP) is 3.00. The van der Waals surface area contributed by atoms with Gasteiger partial charge in [-0.05, 0) is 37.8 Å². The zero-order chi connectivity index (χ0) is 22.6. The molecule has 0 fully saturated rings. The molecular weight excluding hydrogens is 412 g/mol. The van der Waals surface area contributed by atoms with Gasteiger partial charge in [-0.15, -0.1) is 0 Å². The van der Waals surface area contributed by atoms with Crippen molar-refractivity contribution in [1.82, 2.24) is 14.9 Å². The monoisotopic (exact) mass is 440 g/mol. The average molecular weight is 441 g/mol. The fourth-order valence-electron chi connectivity index (χ4n) is 3.81. The second kappa shape index (κ2) is 9.62. The summed E-state index contributed by atoms with van der Waals surface area (Å²) in [7, 11) is 0. The van der Waals surface area contributed by atoms with Crippen molar-refractivity contribution in [1.29, 1.82) is 0 Å². The summed E-state index contributed by atoms with van der Waals surface area (Å²) in [6.07, 6.45) is 3.96. The SMILES string of the molecule is CC(=C(CCO)SC(=O)C1(C)Cc2ccccc2C1)N(C=O)Cc1cnc(C)nc1N. The molecule has 1 amide bonds. The van der Waals surface area contributed by atoms with E-state index in [4.69, 9.17) is 5.73 Å². The predicted molar refractivity (Wildman–Crippen MR) is 122 cm³/mol. The van der Waals surface area contributed by atoms with E-state index < -0.39 is 5.41 Å². The van der Waals surface area contributed by atoms with Crippen LogP contribution >= 0.6 is 11.8 Å². The third-order valence-electron chi connectivity index (χ3n) is 5.65. The highest BCUT2D eigenvalue weighted by Crippen LogP contribution is 2.42. The molecule has 0 radical (unpaired) electrons. The van der Waals surface area contributed by atoms with Crippen molar-refractivity contribution in [2.24, 2.45) is 5.41 Å². The van der Waals surface area contributed by atoms with Crippen LogP contribution in [0.2, 0.25) is 0 Å². The first-order valence-corrected chi connectivity index (χ1v) is 11.0. The molecule has 31 heavy (non-hydrogen) atoms. The van der Waals surface area contributed by atoms with Gasteiger partial charge in [-0.25, -0.2) is 9.97 Å². The van der Waals surface area contributed by atoms with Crippen LogP contribution in [-0.2, 0) is 29.0 Å². The Morgan fingerprint density at radius 3 is 2.52 bits per heavy atom. The van der Waals surface area contributed by atoms with Gasteiger partial charge < -0.3 is 15.7 Å². The fourth-order valence-corrected chi connectivity index (χ4v) is 4.88. The summed E-state index contributed by atoms with van der Waals surface area (Å²) in [4.78, 5) is 35.6. The van der Waals surface area contributed by atoms with E-state index in [1.165, 1.54) is 16.0 Å². The molecule has 7 nitrogen and oxygen atoms in total. The van der Waals surface area contributed by atoms with Gasteiger partial charge in [-0.1, -0.05) is 43.0 Å². The Kier molecular flexibility index (Phi) is 7.12. The van der Waals surface area contributed by atoms with E-state index >= 15 is 0 Å². The highest BCUT2D eigenvalue weighted by Gasteiger charge is 2.40. The number of carbonyl (C=O) groups excluding carboxylic acids is 2. The summed E-state index contributed by atoms with van der Waals surface area (Å²) < 4.78 is 0. The van der Waals surface area contributed by atoms with Crippen molar-refractivity contribution in [2.45, 2.75) is 46.6 Å². The zero-order valence-electron chi connectivity index (χ0n) is 18.1. The van der Waals surface area contributed by atoms with Crippen LogP contribution in [0.4, 0.5) is 5.82 Å². The van der Waals surface area contributed by atoms with E-state index in [1.807, 2.05) is 19.1 Å². The number of aryl methyl sites for hydroxylation is 1. The molecule has 1 heterocycles. The van der Waals surface area contributed by atoms with E-state index in [2.05, 4.69) is 22.1 Å². The number of anilines is 1. The minimum absolute atomic E-state index is 0.0375. The molecule has 0 saturated carbocycles. The van der Waals surface area contributed by atoms with Gasteiger partial charge in [0.05, 0.1) is 6.54 Å². The summed E-state index contributed by atoms with van der Waals surface area (Å²) >= 11 is 1.12. The third-order valence-corrected chi connectivity index (χ3v) is 7.07. The maximum Gasteiger partial charge on any atom is 0.214 e. The summed E-state index contributed by atoms with van der Waals surface area (Å²) in [5, 5.41) is 9.62. The van der Waals surface area contributed by atoms with Crippen LogP contribution in [-0.4, -0.2) is 38.1 Å². The minimum Gasteiger partial charge on any atom is -0.396 e. The number of fused-ring (bicyclic) bond motifs is 1. The number of nitrogens with two attached hydrogens (primary N) is 1. The van der Waals surface area contributed by atoms with Crippen molar-refractivity contribution >= 4 is 29.1 Å². The number of hydrogen-bond acceptors (Lipinski definition) is 7. The second-order valence-corrected chi connectivity index (χ2v) is 9.18. The van der Waals surface area contributed by atoms with E-state index in [-0.39, 0.29) is 24.7 Å². The number of carbonyl (C=O) groups is 2. The van der Waals surface area contributed by atoms with Crippen molar-refractivity contribution in [2.75, 3.05) is 12.3 Å². The van der Waals surface area contributed by atoms with Gasteiger partial charge in [0.15, 0.2) is 5.12 Å². The number of aliphatic hydroxyl groups is 1. The van der Waals surface area contributed by atoms with E-state index in [0.717, 1.165) is 11.8 Å². The Morgan fingerprint density at radius 2 is 1.97 bits per heavy atom. The number of rotatable bonds is 8. The Morgan fingerprint density at radius 1 is 1.32 bits per heavy atom. The molecule has 0 bridgehead atoms. The molecule has 164 valence electrons. The number of nitrogen functional groups attached to an aromatic ring is 1. The van der Waals surface area contributed by atoms with Crippen molar-refractivity contribution in [3.05, 3.63) is 63.6 Å². The van der Waals surface area contributed by atoms with Crippen LogP contribution in [0, 0.1) is 12.3 Å². The number of thioether (sulfide) groups is 1. The quantitative estimate of drug-likeness (QED) is 0.607. The molecule has 3 N–H and O–H groups in total. The van der Waals surface area contributed by atoms with Crippen LogP contribution in [0.3, 0.4) is 0 Å². The van der Waals surface area contributed by atoms with Gasteiger partial charge in [0.25, 0.3) is 0 Å². The van der Waals surface area contributed by atoms with Gasteiger partial charge in [-0.2, -0.15) is 0 Å². The minimum atomic E-state index is -0.517. The third kappa shape index (κ3) is 5.14. The highest BCUT2D eigenvalue weighted by atomic mass is 32.2. The van der Waals surface area contributed by atoms with E-state index in [0.29, 0.717) is 47.1 Å². The number of hydrogen-bond donors (Lipinski definition) is 2. The van der Waals surface area contributed by atoms with E-state index in [9.17, 15) is 14.7 Å². The lowest BCUT2D eigenvalue weighted by atomic mass is 9.89. The van der Waals surface area contributed by atoms with E-state index in [1.54, 1.807) is 20.0 Å². The average Bonchev–Trinajstić information content (AvgIpc) is 3.10. The largest absolute Gasteiger partial charge is 0.396 e. The van der Waals surface area contributed by atoms with Crippen LogP contribution in [0.25, 0.3) is 0 Å². The number of nitrogens with zero attached hydrogens (tertiary/aromatic N) is 3. The topological polar surface area (TPSA) is 109 Å². The highest BCUT2D eigenvalue weighted by molar-refractivity contribution is 8.17. The first-order chi connectivity index (χ1) is 14.8. The standard InChI is InChI=1S/C23H28N4O3S/c1-15(27(14-29)13-19-12-25-16(2)26-21(19)24)20(8-9-28)31-22(30)23(3)10-17-6-4-5-7-18(17)11-23/h4-7,12,14,28H,8-11,13H2,1-3H3,(H2,24,25,26). The number of allylic oxidation sites excluding steroid dienone is 1. The number of benzene rings is 1. The molecular formula is C23H28N4O3S. The molecule has 1 aliphatic rings. The Hall–Kier alpha value is -2.71. The molecule has 1 aromatic carbocycles. The fraction of sp³-hybridized carbons (Fsp3) is 0.391. The lowest BCUT2D eigenvalue weighted by Crippen LogP contribution is -2.27. The molecule has 0 unspecified atom stereocenters. The van der Waals surface area contributed by atoms with Crippen LogP contribution in [0.15, 0.2) is 41.1 Å². The molecule has 1 aliphatic carbocycles. The zero-order valence-corrected chi connectivity index (χ0v) is 18.9. The molecule has 1 aromatic heterocycles. The number of aromatic nitrogens is 2. The molecule has 3 rings (SSSR count). The van der Waals surface area contributed by atoms with Gasteiger partial charge in [0, 0.05) is 40.8 Å². The Labute approximate surface area is 186 Å². The summed E-state index contributed by atoms with van der Waals surface area (Å²) in [5.74, 6) is 0.870. The van der Waals surface area contributed by atoms with Gasteiger partial charge in [-0.3, -0.25) is 9.59 Å². The Bertz CT molecular complexity index is 997. The van der Waals surface area contributed by atoms with Crippen LogP contribution in [0.5, 0.6) is 0 Å². The normalized spacial score (nSPS) is 15.2. The molecule has 8 heteroatoms. The second-order valence-electron chi connectivity index (χ2n) is 8.12. The smallest absolute Gasteiger partial charge is 0.214 e. The van der Waals surface area contributed by atoms with Gasteiger partial charge in [0.2, 0.25) is 6.41 Å². The number of aliphatic hydroxyl groups excluding tert-OH is 1. The lowest BCUT2D eigenvalue weighted by molar-refractivity contribution is -0.118. The molecule has 0 aliphatic heterocycles. The molecule has 0 spiro atoms. The summed E-state index contributed by atoms with van der Waals surface area (Å²) in [5.41, 5.74) is 9.09. The molecule has 2 aromatic rings. The summed E-state index contributed by atoms with van der Waals surface area (Å²) in [6.45, 7) is 5.57. The van der Waals surface area contributed by atoms with Crippen molar-refractivity contribution in [3.8, 4) is 0 Å². The van der Waals surface area contributed by atoms with Crippen LogP contribution < -0.4 is 5.73 Å². The number of amides is 1. The molecule has 0 atom stereocenters. The van der Waals surface area contributed by atoms with Gasteiger partial charge in [0.1, 0.15) is 11.6 Å². The molecule has 0 saturated heterocycles. The van der Waals surface area contributed by atoms with Crippen molar-refractivity contribution in [3.63, 3.8) is 0 Å². The maximum absolute atomic E-state index is 13.3. The van der Waals surface area contributed by atoms with Crippen LogP contribution in [0.1, 0.15) is 42.8 Å². The van der Waals surface area contributed by atoms with Crippen molar-refractivity contribution < 1.29 is 14.7 Å². The lowest BCUT2D eigenvalue weighted by Gasteiger charge is -2.25. The maximum atomic E-state index is 13.3. The first kappa shape index (κ1) is 23.0. The summed E-state index contributed by atoms with van der Waals surface area (Å²) in [6, 6.07) is 8.12. The first-order valence-electron chi connectivity index (χ1n) is 10.2. The van der Waals surface area contributed by atoms with Gasteiger partial charge >= 0.3 is 0 Å².